The van der Waals surface area contributed by atoms with Crippen LogP contribution < -0.4 is 0 Å². The highest BCUT2D eigenvalue weighted by molar-refractivity contribution is 9.10. The van der Waals surface area contributed by atoms with Gasteiger partial charge in [0.05, 0.1) is 5.92 Å². The van der Waals surface area contributed by atoms with E-state index in [1.165, 1.54) is 0 Å². The molecule has 3 heteroatoms. The molecule has 0 aliphatic carbocycles. The first-order valence-electron chi connectivity index (χ1n) is 5.51. The summed E-state index contributed by atoms with van der Waals surface area (Å²) in [6.07, 6.45) is 1.51. The standard InChI is InChI=1S/C13H17BrO2/c1-3-9(2)12(13(15)16)8-10-4-6-11(14)7-5-10/h4-7,9,12H,3,8H2,1-2H3,(H,15,16). The zero-order valence-corrected chi connectivity index (χ0v) is 11.2. The summed E-state index contributed by atoms with van der Waals surface area (Å²) in [5.74, 6) is -0.774. The minimum Gasteiger partial charge on any atom is -0.481 e. The van der Waals surface area contributed by atoms with Gasteiger partial charge in [0.2, 0.25) is 0 Å². The van der Waals surface area contributed by atoms with Gasteiger partial charge in [-0.1, -0.05) is 48.3 Å². The molecule has 0 aliphatic heterocycles. The first kappa shape index (κ1) is 13.2. The van der Waals surface area contributed by atoms with E-state index in [0.29, 0.717) is 6.42 Å². The Morgan fingerprint density at radius 2 is 1.94 bits per heavy atom. The van der Waals surface area contributed by atoms with Gasteiger partial charge in [-0.05, 0) is 30.0 Å². The van der Waals surface area contributed by atoms with E-state index >= 15 is 0 Å². The molecule has 16 heavy (non-hydrogen) atoms. The van der Waals surface area contributed by atoms with Gasteiger partial charge in [-0.15, -0.1) is 0 Å². The summed E-state index contributed by atoms with van der Waals surface area (Å²) in [7, 11) is 0. The number of benzene rings is 1. The van der Waals surface area contributed by atoms with E-state index in [-0.39, 0.29) is 11.8 Å². The molecule has 0 spiro atoms. The van der Waals surface area contributed by atoms with Crippen LogP contribution in [-0.2, 0) is 11.2 Å². The van der Waals surface area contributed by atoms with E-state index in [4.69, 9.17) is 0 Å². The molecule has 0 aliphatic rings. The second kappa shape index (κ2) is 6.04. The van der Waals surface area contributed by atoms with Crippen molar-refractivity contribution in [2.24, 2.45) is 11.8 Å². The highest BCUT2D eigenvalue weighted by Crippen LogP contribution is 2.21. The molecule has 0 heterocycles. The lowest BCUT2D eigenvalue weighted by Gasteiger charge is -2.18. The van der Waals surface area contributed by atoms with Crippen molar-refractivity contribution in [3.63, 3.8) is 0 Å². The third kappa shape index (κ3) is 3.63. The predicted octanol–water partition coefficient (Wildman–Crippen LogP) is 3.74. The van der Waals surface area contributed by atoms with Gasteiger partial charge in [0.1, 0.15) is 0 Å². The van der Waals surface area contributed by atoms with Gasteiger partial charge in [-0.3, -0.25) is 4.79 Å². The van der Waals surface area contributed by atoms with Crippen LogP contribution in [-0.4, -0.2) is 11.1 Å². The molecule has 1 aromatic carbocycles. The van der Waals surface area contributed by atoms with Crippen molar-refractivity contribution in [2.75, 3.05) is 0 Å². The van der Waals surface area contributed by atoms with Crippen LogP contribution in [0.4, 0.5) is 0 Å². The molecule has 0 saturated carbocycles. The molecule has 0 radical (unpaired) electrons. The highest BCUT2D eigenvalue weighted by atomic mass is 79.9. The average molecular weight is 285 g/mol. The van der Waals surface area contributed by atoms with Gasteiger partial charge in [0, 0.05) is 4.47 Å². The molecular weight excluding hydrogens is 268 g/mol. The predicted molar refractivity (Wildman–Crippen MR) is 68.4 cm³/mol. The van der Waals surface area contributed by atoms with Crippen LogP contribution in [0, 0.1) is 11.8 Å². The Kier molecular flexibility index (Phi) is 5.00. The van der Waals surface area contributed by atoms with E-state index in [1.807, 2.05) is 38.1 Å². The van der Waals surface area contributed by atoms with Crippen molar-refractivity contribution < 1.29 is 9.90 Å². The van der Waals surface area contributed by atoms with Crippen LogP contribution in [0.3, 0.4) is 0 Å². The first-order valence-corrected chi connectivity index (χ1v) is 6.31. The Bertz CT molecular complexity index is 345. The topological polar surface area (TPSA) is 37.3 Å². The third-order valence-electron chi connectivity index (χ3n) is 3.02. The summed E-state index contributed by atoms with van der Waals surface area (Å²) in [6.45, 7) is 4.03. The minimum atomic E-state index is -0.697. The number of carbonyl (C=O) groups is 1. The number of aliphatic carboxylic acids is 1. The quantitative estimate of drug-likeness (QED) is 0.894. The Hall–Kier alpha value is -0.830. The summed E-state index contributed by atoms with van der Waals surface area (Å²) in [6, 6.07) is 7.85. The summed E-state index contributed by atoms with van der Waals surface area (Å²) < 4.78 is 1.02. The Labute approximate surface area is 105 Å². The van der Waals surface area contributed by atoms with Gasteiger partial charge in [-0.25, -0.2) is 0 Å². The number of halogens is 1. The van der Waals surface area contributed by atoms with Gasteiger partial charge in [0.15, 0.2) is 0 Å². The lowest BCUT2D eigenvalue weighted by molar-refractivity contribution is -0.143. The minimum absolute atomic E-state index is 0.209. The average Bonchev–Trinajstić information content (AvgIpc) is 2.27. The van der Waals surface area contributed by atoms with E-state index in [0.717, 1.165) is 16.5 Å². The zero-order chi connectivity index (χ0) is 12.1. The van der Waals surface area contributed by atoms with E-state index in [9.17, 15) is 9.90 Å². The van der Waals surface area contributed by atoms with Crippen LogP contribution in [0.1, 0.15) is 25.8 Å². The van der Waals surface area contributed by atoms with E-state index in [1.54, 1.807) is 0 Å². The molecule has 1 N–H and O–H groups in total. The van der Waals surface area contributed by atoms with Crippen LogP contribution in [0.2, 0.25) is 0 Å². The van der Waals surface area contributed by atoms with Gasteiger partial charge in [-0.2, -0.15) is 0 Å². The van der Waals surface area contributed by atoms with Gasteiger partial charge < -0.3 is 5.11 Å². The zero-order valence-electron chi connectivity index (χ0n) is 9.61. The fourth-order valence-corrected chi connectivity index (χ4v) is 1.96. The fraction of sp³-hybridized carbons (Fsp3) is 0.462. The Morgan fingerprint density at radius 1 is 1.38 bits per heavy atom. The normalized spacial score (nSPS) is 14.4. The smallest absolute Gasteiger partial charge is 0.307 e. The molecule has 1 rings (SSSR count). The number of rotatable bonds is 5. The number of hydrogen-bond acceptors (Lipinski definition) is 1. The molecule has 0 bridgehead atoms. The van der Waals surface area contributed by atoms with Crippen LogP contribution in [0.15, 0.2) is 28.7 Å². The Morgan fingerprint density at radius 3 is 2.38 bits per heavy atom. The Balaban J connectivity index is 2.75. The van der Waals surface area contributed by atoms with Crippen molar-refractivity contribution in [3.05, 3.63) is 34.3 Å². The number of hydrogen-bond donors (Lipinski definition) is 1. The van der Waals surface area contributed by atoms with Crippen LogP contribution >= 0.6 is 15.9 Å². The summed E-state index contributed by atoms with van der Waals surface area (Å²) in [5, 5.41) is 9.18. The molecule has 2 atom stereocenters. The third-order valence-corrected chi connectivity index (χ3v) is 3.55. The molecular formula is C13H17BrO2. The van der Waals surface area contributed by atoms with Crippen molar-refractivity contribution in [2.45, 2.75) is 26.7 Å². The van der Waals surface area contributed by atoms with Crippen LogP contribution in [0.25, 0.3) is 0 Å². The SMILES string of the molecule is CCC(C)C(Cc1ccc(Br)cc1)C(=O)O. The molecule has 2 nitrogen and oxygen atoms in total. The van der Waals surface area contributed by atoms with E-state index < -0.39 is 5.97 Å². The number of carboxylic acids is 1. The van der Waals surface area contributed by atoms with Crippen molar-refractivity contribution in [3.8, 4) is 0 Å². The molecule has 2 unspecified atom stereocenters. The molecule has 0 aromatic heterocycles. The summed E-state index contributed by atoms with van der Waals surface area (Å²) in [5.41, 5.74) is 1.08. The maximum Gasteiger partial charge on any atom is 0.307 e. The molecule has 0 saturated heterocycles. The molecule has 0 amide bonds. The molecule has 88 valence electrons. The molecule has 1 aromatic rings. The fourth-order valence-electron chi connectivity index (χ4n) is 1.69. The maximum atomic E-state index is 11.2. The first-order chi connectivity index (χ1) is 7.54. The van der Waals surface area contributed by atoms with Gasteiger partial charge in [0.25, 0.3) is 0 Å². The lowest BCUT2D eigenvalue weighted by Crippen LogP contribution is -2.23. The largest absolute Gasteiger partial charge is 0.481 e. The summed E-state index contributed by atoms with van der Waals surface area (Å²) >= 11 is 3.37. The van der Waals surface area contributed by atoms with Crippen molar-refractivity contribution >= 4 is 21.9 Å². The lowest BCUT2D eigenvalue weighted by atomic mass is 9.86. The van der Waals surface area contributed by atoms with Crippen LogP contribution in [0.5, 0.6) is 0 Å². The summed E-state index contributed by atoms with van der Waals surface area (Å²) in [4.78, 5) is 11.2. The number of carboxylic acid groups (broad SMARTS) is 1. The second-order valence-corrected chi connectivity index (χ2v) is 5.08. The highest BCUT2D eigenvalue weighted by Gasteiger charge is 2.23. The second-order valence-electron chi connectivity index (χ2n) is 4.16. The monoisotopic (exact) mass is 284 g/mol. The molecule has 0 fully saturated rings. The van der Waals surface area contributed by atoms with Crippen molar-refractivity contribution in [1.82, 2.24) is 0 Å². The maximum absolute atomic E-state index is 11.2. The van der Waals surface area contributed by atoms with E-state index in [2.05, 4.69) is 15.9 Å². The van der Waals surface area contributed by atoms with Crippen molar-refractivity contribution in [1.29, 1.82) is 0 Å². The van der Waals surface area contributed by atoms with Gasteiger partial charge >= 0.3 is 5.97 Å².